The Hall–Kier alpha value is -3.13. The molecule has 3 rings (SSSR count). The number of amides is 3. The van der Waals surface area contributed by atoms with Crippen molar-refractivity contribution in [3.8, 4) is 0 Å². The molecular weight excluding hydrogens is 353 g/mol. The molecule has 0 saturated heterocycles. The van der Waals surface area contributed by atoms with Crippen LogP contribution in [-0.2, 0) is 11.3 Å². The average molecular weight is 371 g/mol. The molecule has 0 bridgehead atoms. The lowest BCUT2D eigenvalue weighted by Crippen LogP contribution is -2.31. The molecule has 0 radical (unpaired) electrons. The van der Waals surface area contributed by atoms with Gasteiger partial charge in [-0.15, -0.1) is 0 Å². The molecule has 3 amide bonds. The molecular formula is C19H18FN3O4. The van der Waals surface area contributed by atoms with E-state index >= 15 is 0 Å². The molecule has 0 spiro atoms. The van der Waals surface area contributed by atoms with Crippen molar-refractivity contribution in [2.45, 2.75) is 13.0 Å². The number of aromatic nitrogens is 1. The van der Waals surface area contributed by atoms with E-state index in [9.17, 15) is 18.8 Å². The van der Waals surface area contributed by atoms with E-state index in [2.05, 4.69) is 10.3 Å². The van der Waals surface area contributed by atoms with E-state index in [0.717, 1.165) is 4.90 Å². The van der Waals surface area contributed by atoms with Crippen molar-refractivity contribution in [1.29, 1.82) is 0 Å². The molecule has 1 aliphatic heterocycles. The zero-order chi connectivity index (χ0) is 19.4. The summed E-state index contributed by atoms with van der Waals surface area (Å²) in [4.78, 5) is 42.2. The van der Waals surface area contributed by atoms with Gasteiger partial charge < -0.3 is 10.1 Å². The third kappa shape index (κ3) is 3.85. The first-order valence-electron chi connectivity index (χ1n) is 8.39. The number of carbonyl (C=O) groups is 3. The van der Waals surface area contributed by atoms with Gasteiger partial charge in [0.2, 0.25) is 0 Å². The van der Waals surface area contributed by atoms with E-state index in [1.54, 1.807) is 7.11 Å². The molecule has 2 aromatic rings. The summed E-state index contributed by atoms with van der Waals surface area (Å²) in [5, 5.41) is 2.56. The Bertz CT molecular complexity index is 900. The maximum Gasteiger partial charge on any atom is 0.261 e. The van der Waals surface area contributed by atoms with Crippen LogP contribution in [0.15, 0.2) is 36.5 Å². The second-order valence-electron chi connectivity index (χ2n) is 5.98. The number of fused-ring (bicyclic) bond motifs is 1. The molecule has 0 saturated carbocycles. The maximum absolute atomic E-state index is 13.6. The lowest BCUT2D eigenvalue weighted by atomic mass is 10.1. The highest BCUT2D eigenvalue weighted by Gasteiger charge is 2.35. The quantitative estimate of drug-likeness (QED) is 0.592. The molecule has 0 fully saturated rings. The van der Waals surface area contributed by atoms with Crippen molar-refractivity contribution in [2.24, 2.45) is 0 Å². The fraction of sp³-hybridized carbons (Fsp3) is 0.263. The molecule has 8 heteroatoms. The van der Waals surface area contributed by atoms with Gasteiger partial charge in [-0.05, 0) is 36.8 Å². The van der Waals surface area contributed by atoms with Gasteiger partial charge >= 0.3 is 0 Å². The number of pyridine rings is 1. The molecule has 2 heterocycles. The lowest BCUT2D eigenvalue weighted by molar-refractivity contribution is 0.0638. The van der Waals surface area contributed by atoms with E-state index in [4.69, 9.17) is 4.74 Å². The number of rotatable bonds is 7. The highest BCUT2D eigenvalue weighted by Crippen LogP contribution is 2.24. The fourth-order valence-electron chi connectivity index (χ4n) is 2.82. The normalized spacial score (nSPS) is 13.0. The second kappa shape index (κ2) is 8.05. The van der Waals surface area contributed by atoms with Crippen LogP contribution in [0.3, 0.4) is 0 Å². The first-order valence-corrected chi connectivity index (χ1v) is 8.39. The number of benzene rings is 1. The van der Waals surface area contributed by atoms with Crippen molar-refractivity contribution in [1.82, 2.24) is 15.2 Å². The van der Waals surface area contributed by atoms with Gasteiger partial charge in [-0.1, -0.05) is 0 Å². The van der Waals surface area contributed by atoms with Crippen molar-refractivity contribution in [3.63, 3.8) is 0 Å². The van der Waals surface area contributed by atoms with Gasteiger partial charge in [-0.3, -0.25) is 24.3 Å². The van der Waals surface area contributed by atoms with Gasteiger partial charge in [0, 0.05) is 32.0 Å². The van der Waals surface area contributed by atoms with E-state index in [1.165, 1.54) is 36.5 Å². The Kier molecular flexibility index (Phi) is 5.56. The highest BCUT2D eigenvalue weighted by molar-refractivity contribution is 6.22. The summed E-state index contributed by atoms with van der Waals surface area (Å²) in [7, 11) is 1.55. The molecule has 1 aromatic heterocycles. The Balaban J connectivity index is 1.71. The van der Waals surface area contributed by atoms with Crippen LogP contribution in [0.4, 0.5) is 4.39 Å². The predicted octanol–water partition coefficient (Wildman–Crippen LogP) is 1.78. The minimum Gasteiger partial charge on any atom is -0.385 e. The summed E-state index contributed by atoms with van der Waals surface area (Å²) in [6.07, 6.45) is 1.97. The highest BCUT2D eigenvalue weighted by atomic mass is 19.1. The number of hydrogen-bond acceptors (Lipinski definition) is 5. The van der Waals surface area contributed by atoms with Crippen LogP contribution in [0.2, 0.25) is 0 Å². The van der Waals surface area contributed by atoms with Gasteiger partial charge in [-0.25, -0.2) is 4.39 Å². The van der Waals surface area contributed by atoms with E-state index < -0.39 is 17.6 Å². The molecule has 0 unspecified atom stereocenters. The smallest absolute Gasteiger partial charge is 0.261 e. The second-order valence-corrected chi connectivity index (χ2v) is 5.98. The number of methoxy groups -OCH3 is 1. The van der Waals surface area contributed by atoms with Crippen molar-refractivity contribution in [2.75, 3.05) is 20.3 Å². The summed E-state index contributed by atoms with van der Waals surface area (Å²) < 4.78 is 18.5. The first kappa shape index (κ1) is 18.7. The molecule has 27 heavy (non-hydrogen) atoms. The number of ether oxygens (including phenoxy) is 1. The summed E-state index contributed by atoms with van der Waals surface area (Å²) in [6, 6.07) is 7.03. The van der Waals surface area contributed by atoms with Crippen molar-refractivity contribution < 1.29 is 23.5 Å². The Labute approximate surface area is 155 Å². The van der Waals surface area contributed by atoms with Crippen LogP contribution in [0, 0.1) is 5.82 Å². The molecule has 140 valence electrons. The van der Waals surface area contributed by atoms with Crippen LogP contribution < -0.4 is 5.32 Å². The van der Waals surface area contributed by atoms with Gasteiger partial charge in [0.05, 0.1) is 23.4 Å². The van der Waals surface area contributed by atoms with Gasteiger partial charge in [0.1, 0.15) is 5.82 Å². The summed E-state index contributed by atoms with van der Waals surface area (Å²) in [5.41, 5.74) is 0.784. The lowest BCUT2D eigenvalue weighted by Gasteiger charge is -2.12. The number of hydrogen-bond donors (Lipinski definition) is 1. The zero-order valence-electron chi connectivity index (χ0n) is 14.7. The maximum atomic E-state index is 13.6. The number of nitrogens with zero attached hydrogens (tertiary/aromatic N) is 2. The SMILES string of the molecule is COCCCN1C(=O)c2ccc(C(=O)NCc3ncccc3F)cc2C1=O. The summed E-state index contributed by atoms with van der Waals surface area (Å²) in [5.74, 6) is -1.81. The van der Waals surface area contributed by atoms with E-state index in [1.807, 2.05) is 0 Å². The molecule has 1 N–H and O–H groups in total. The number of imide groups is 1. The van der Waals surface area contributed by atoms with Crippen LogP contribution in [-0.4, -0.2) is 47.9 Å². The molecule has 1 aromatic carbocycles. The predicted molar refractivity (Wildman–Crippen MR) is 93.7 cm³/mol. The Morgan fingerprint density at radius 1 is 1.22 bits per heavy atom. The van der Waals surface area contributed by atoms with Crippen LogP contribution >= 0.6 is 0 Å². The zero-order valence-corrected chi connectivity index (χ0v) is 14.7. The third-order valence-corrected chi connectivity index (χ3v) is 4.21. The van der Waals surface area contributed by atoms with Crippen LogP contribution in [0.25, 0.3) is 0 Å². The van der Waals surface area contributed by atoms with Crippen LogP contribution in [0.1, 0.15) is 43.2 Å². The van der Waals surface area contributed by atoms with Gasteiger partial charge in [-0.2, -0.15) is 0 Å². The molecule has 0 aliphatic carbocycles. The third-order valence-electron chi connectivity index (χ3n) is 4.21. The van der Waals surface area contributed by atoms with Gasteiger partial charge in [0.15, 0.2) is 0 Å². The monoisotopic (exact) mass is 371 g/mol. The summed E-state index contributed by atoms with van der Waals surface area (Å²) >= 11 is 0. The minimum atomic E-state index is -0.515. The fourth-order valence-corrected chi connectivity index (χ4v) is 2.82. The Morgan fingerprint density at radius 2 is 2.00 bits per heavy atom. The van der Waals surface area contributed by atoms with Crippen LogP contribution in [0.5, 0.6) is 0 Å². The largest absolute Gasteiger partial charge is 0.385 e. The Morgan fingerprint density at radius 3 is 2.74 bits per heavy atom. The number of halogens is 1. The molecule has 0 atom stereocenters. The van der Waals surface area contributed by atoms with E-state index in [0.29, 0.717) is 13.0 Å². The van der Waals surface area contributed by atoms with Crippen molar-refractivity contribution in [3.05, 3.63) is 64.7 Å². The van der Waals surface area contributed by atoms with E-state index in [-0.39, 0.29) is 41.4 Å². The molecule has 1 aliphatic rings. The number of nitrogens with one attached hydrogen (secondary N) is 1. The minimum absolute atomic E-state index is 0.0847. The topological polar surface area (TPSA) is 88.6 Å². The standard InChI is InChI=1S/C19H18FN3O4/c1-27-9-3-8-23-18(25)13-6-5-12(10-14(13)19(23)26)17(24)22-11-16-15(20)4-2-7-21-16/h2,4-7,10H,3,8-9,11H2,1H3,(H,22,24). The first-order chi connectivity index (χ1) is 13.0. The number of carbonyl (C=O) groups excluding carboxylic acids is 3. The van der Waals surface area contributed by atoms with Crippen molar-refractivity contribution >= 4 is 17.7 Å². The average Bonchev–Trinajstić information content (AvgIpc) is 2.91. The molecule has 7 nitrogen and oxygen atoms in total. The van der Waals surface area contributed by atoms with Gasteiger partial charge in [0.25, 0.3) is 17.7 Å². The summed E-state index contributed by atoms with van der Waals surface area (Å²) in [6.45, 7) is 0.602.